The lowest BCUT2D eigenvalue weighted by atomic mass is 10.1. The molecule has 2 aromatic carbocycles. The zero-order chi connectivity index (χ0) is 20.1. The zero-order valence-electron chi connectivity index (χ0n) is 15.9. The fraction of sp³-hybridized carbons (Fsp3) is 0.300. The van der Waals surface area contributed by atoms with Gasteiger partial charge in [0.25, 0.3) is 5.91 Å². The number of thioether (sulfide) groups is 1. The van der Waals surface area contributed by atoms with Gasteiger partial charge in [-0.05, 0) is 12.1 Å². The molecule has 1 N–H and O–H groups in total. The Kier molecular flexibility index (Phi) is 6.30. The van der Waals surface area contributed by atoms with Crippen LogP contribution in [0, 0.1) is 0 Å². The summed E-state index contributed by atoms with van der Waals surface area (Å²) in [6.07, 6.45) is 0. The summed E-state index contributed by atoms with van der Waals surface area (Å²) in [6, 6.07) is 11.7. The van der Waals surface area contributed by atoms with E-state index < -0.39 is 6.04 Å². The van der Waals surface area contributed by atoms with Crippen LogP contribution in [0.5, 0.6) is 17.2 Å². The van der Waals surface area contributed by atoms with Gasteiger partial charge < -0.3 is 24.4 Å². The number of carbonyl (C=O) groups is 2. The van der Waals surface area contributed by atoms with E-state index in [0.29, 0.717) is 40.1 Å². The SMILES string of the molecule is COc1cc(NC(=O)[C@H]2CSCN2C(=O)c2ccccc2)cc(OC)c1OC. The van der Waals surface area contributed by atoms with E-state index in [1.54, 1.807) is 53.1 Å². The van der Waals surface area contributed by atoms with Crippen LogP contribution in [0.25, 0.3) is 0 Å². The molecule has 1 heterocycles. The summed E-state index contributed by atoms with van der Waals surface area (Å²) in [5, 5.41) is 2.86. The summed E-state index contributed by atoms with van der Waals surface area (Å²) in [5.41, 5.74) is 1.07. The molecule has 0 bridgehead atoms. The van der Waals surface area contributed by atoms with Gasteiger partial charge in [-0.3, -0.25) is 9.59 Å². The van der Waals surface area contributed by atoms with Crippen LogP contribution >= 0.6 is 11.8 Å². The summed E-state index contributed by atoms with van der Waals surface area (Å²) < 4.78 is 15.9. The highest BCUT2D eigenvalue weighted by Gasteiger charge is 2.35. The highest BCUT2D eigenvalue weighted by molar-refractivity contribution is 7.99. The van der Waals surface area contributed by atoms with E-state index in [-0.39, 0.29) is 11.8 Å². The van der Waals surface area contributed by atoms with Crippen molar-refractivity contribution >= 4 is 29.3 Å². The molecule has 148 valence electrons. The van der Waals surface area contributed by atoms with E-state index >= 15 is 0 Å². The molecule has 8 heteroatoms. The number of nitrogens with zero attached hydrogens (tertiary/aromatic N) is 1. The summed E-state index contributed by atoms with van der Waals surface area (Å²) in [5.74, 6) is 1.92. The van der Waals surface area contributed by atoms with Crippen LogP contribution in [0.15, 0.2) is 42.5 Å². The average Bonchev–Trinajstić information content (AvgIpc) is 3.23. The Morgan fingerprint density at radius 2 is 1.68 bits per heavy atom. The molecule has 1 fully saturated rings. The fourth-order valence-electron chi connectivity index (χ4n) is 2.99. The maximum Gasteiger partial charge on any atom is 0.255 e. The molecule has 3 rings (SSSR count). The first-order valence-electron chi connectivity index (χ1n) is 8.63. The Balaban J connectivity index is 1.79. The van der Waals surface area contributed by atoms with E-state index in [4.69, 9.17) is 14.2 Å². The second-order valence-electron chi connectivity index (χ2n) is 6.06. The maximum absolute atomic E-state index is 12.9. The molecule has 0 aliphatic carbocycles. The number of amides is 2. The summed E-state index contributed by atoms with van der Waals surface area (Å²) in [4.78, 5) is 27.2. The summed E-state index contributed by atoms with van der Waals surface area (Å²) >= 11 is 1.55. The molecular weight excluding hydrogens is 380 g/mol. The number of anilines is 1. The third-order valence-corrected chi connectivity index (χ3v) is 5.41. The quantitative estimate of drug-likeness (QED) is 0.801. The molecule has 0 saturated carbocycles. The first-order chi connectivity index (χ1) is 13.6. The lowest BCUT2D eigenvalue weighted by Crippen LogP contribution is -2.44. The number of hydrogen-bond donors (Lipinski definition) is 1. The predicted molar refractivity (Wildman–Crippen MR) is 108 cm³/mol. The maximum atomic E-state index is 12.9. The van der Waals surface area contributed by atoms with E-state index in [9.17, 15) is 9.59 Å². The Bertz CT molecular complexity index is 834. The number of benzene rings is 2. The summed E-state index contributed by atoms with van der Waals surface area (Å²) in [7, 11) is 4.54. The monoisotopic (exact) mass is 402 g/mol. The van der Waals surface area contributed by atoms with Crippen molar-refractivity contribution in [1.29, 1.82) is 0 Å². The van der Waals surface area contributed by atoms with Crippen LogP contribution in [0.4, 0.5) is 5.69 Å². The second-order valence-corrected chi connectivity index (χ2v) is 7.06. The number of ether oxygens (including phenoxy) is 3. The molecule has 2 aromatic rings. The number of methoxy groups -OCH3 is 3. The van der Waals surface area contributed by atoms with Gasteiger partial charge in [-0.25, -0.2) is 0 Å². The third kappa shape index (κ3) is 4.01. The number of hydrogen-bond acceptors (Lipinski definition) is 6. The van der Waals surface area contributed by atoms with Gasteiger partial charge in [0, 0.05) is 29.1 Å². The predicted octanol–water partition coefficient (Wildman–Crippen LogP) is 2.87. The number of carbonyl (C=O) groups excluding carboxylic acids is 2. The molecule has 0 aromatic heterocycles. The van der Waals surface area contributed by atoms with Gasteiger partial charge in [0.05, 0.1) is 27.2 Å². The van der Waals surface area contributed by atoms with Crippen molar-refractivity contribution in [2.75, 3.05) is 38.3 Å². The highest BCUT2D eigenvalue weighted by Crippen LogP contribution is 2.40. The van der Waals surface area contributed by atoms with Crippen LogP contribution in [-0.4, -0.2) is 55.7 Å². The van der Waals surface area contributed by atoms with Crippen LogP contribution in [0.1, 0.15) is 10.4 Å². The molecule has 0 radical (unpaired) electrons. The Labute approximate surface area is 167 Å². The van der Waals surface area contributed by atoms with Gasteiger partial charge in [-0.1, -0.05) is 18.2 Å². The van der Waals surface area contributed by atoms with Crippen LogP contribution in [0.2, 0.25) is 0 Å². The molecule has 28 heavy (non-hydrogen) atoms. The van der Waals surface area contributed by atoms with Gasteiger partial charge in [0.1, 0.15) is 6.04 Å². The van der Waals surface area contributed by atoms with E-state index in [2.05, 4.69) is 5.32 Å². The molecule has 1 atom stereocenters. The van der Waals surface area contributed by atoms with Crippen molar-refractivity contribution in [3.05, 3.63) is 48.0 Å². The first-order valence-corrected chi connectivity index (χ1v) is 9.79. The van der Waals surface area contributed by atoms with Gasteiger partial charge in [-0.15, -0.1) is 11.8 Å². The number of rotatable bonds is 6. The standard InChI is InChI=1S/C20H22N2O5S/c1-25-16-9-14(10-17(26-2)18(16)27-3)21-19(23)15-11-28-12-22(15)20(24)13-7-5-4-6-8-13/h4-10,15H,11-12H2,1-3H3,(H,21,23)/t15-/m1/s1. The number of nitrogens with one attached hydrogen (secondary N) is 1. The highest BCUT2D eigenvalue weighted by atomic mass is 32.2. The molecule has 1 saturated heterocycles. The Morgan fingerprint density at radius 3 is 2.25 bits per heavy atom. The zero-order valence-corrected chi connectivity index (χ0v) is 16.7. The van der Waals surface area contributed by atoms with Crippen molar-refractivity contribution in [3.8, 4) is 17.2 Å². The Morgan fingerprint density at radius 1 is 1.04 bits per heavy atom. The van der Waals surface area contributed by atoms with E-state index in [1.165, 1.54) is 21.3 Å². The second kappa shape index (κ2) is 8.88. The normalized spacial score (nSPS) is 15.8. The van der Waals surface area contributed by atoms with E-state index in [1.807, 2.05) is 6.07 Å². The lowest BCUT2D eigenvalue weighted by Gasteiger charge is -2.23. The Hall–Kier alpha value is -2.87. The van der Waals surface area contributed by atoms with Gasteiger partial charge >= 0.3 is 0 Å². The smallest absolute Gasteiger partial charge is 0.255 e. The lowest BCUT2D eigenvalue weighted by molar-refractivity contribution is -0.119. The average molecular weight is 402 g/mol. The van der Waals surface area contributed by atoms with Crippen LogP contribution < -0.4 is 19.5 Å². The molecule has 2 amide bonds. The first kappa shape index (κ1) is 19.9. The molecular formula is C20H22N2O5S. The topological polar surface area (TPSA) is 77.1 Å². The van der Waals surface area contributed by atoms with Gasteiger partial charge in [-0.2, -0.15) is 0 Å². The van der Waals surface area contributed by atoms with Crippen LogP contribution in [0.3, 0.4) is 0 Å². The minimum Gasteiger partial charge on any atom is -0.493 e. The molecule has 0 unspecified atom stereocenters. The molecule has 7 nitrogen and oxygen atoms in total. The third-order valence-electron chi connectivity index (χ3n) is 4.40. The van der Waals surface area contributed by atoms with Gasteiger partial charge in [0.2, 0.25) is 11.7 Å². The van der Waals surface area contributed by atoms with Crippen molar-refractivity contribution in [2.45, 2.75) is 6.04 Å². The van der Waals surface area contributed by atoms with Gasteiger partial charge in [0.15, 0.2) is 11.5 Å². The van der Waals surface area contributed by atoms with Crippen molar-refractivity contribution in [1.82, 2.24) is 4.90 Å². The fourth-order valence-corrected chi connectivity index (χ4v) is 4.14. The van der Waals surface area contributed by atoms with Crippen molar-refractivity contribution in [2.24, 2.45) is 0 Å². The van der Waals surface area contributed by atoms with E-state index in [0.717, 1.165) is 0 Å². The minimum absolute atomic E-state index is 0.157. The summed E-state index contributed by atoms with van der Waals surface area (Å²) in [6.45, 7) is 0. The molecule has 1 aliphatic rings. The van der Waals surface area contributed by atoms with Crippen molar-refractivity contribution in [3.63, 3.8) is 0 Å². The molecule has 0 spiro atoms. The van der Waals surface area contributed by atoms with Crippen LogP contribution in [-0.2, 0) is 4.79 Å². The largest absolute Gasteiger partial charge is 0.493 e. The minimum atomic E-state index is -0.559. The van der Waals surface area contributed by atoms with Crippen molar-refractivity contribution < 1.29 is 23.8 Å². The molecule has 1 aliphatic heterocycles.